The van der Waals surface area contributed by atoms with Gasteiger partial charge in [-0.2, -0.15) is 0 Å². The number of pyridine rings is 1. The van der Waals surface area contributed by atoms with E-state index in [2.05, 4.69) is 4.98 Å². The van der Waals surface area contributed by atoms with E-state index in [0.29, 0.717) is 36.3 Å². The third-order valence-corrected chi connectivity index (χ3v) is 3.99. The highest BCUT2D eigenvalue weighted by Gasteiger charge is 2.27. The van der Waals surface area contributed by atoms with Crippen LogP contribution in [0.2, 0.25) is 0 Å². The second-order valence-electron chi connectivity index (χ2n) is 5.53. The summed E-state index contributed by atoms with van der Waals surface area (Å²) in [5.74, 6) is -1.14. The molecule has 7 nitrogen and oxygen atoms in total. The number of hydrogen-bond donors (Lipinski definition) is 1. The van der Waals surface area contributed by atoms with Crippen LogP contribution in [0.4, 0.5) is 5.69 Å². The third kappa shape index (κ3) is 3.36. The summed E-state index contributed by atoms with van der Waals surface area (Å²) >= 11 is 0. The van der Waals surface area contributed by atoms with Crippen LogP contribution in [0.5, 0.6) is 0 Å². The van der Waals surface area contributed by atoms with Crippen LogP contribution < -0.4 is 0 Å². The van der Waals surface area contributed by atoms with Crippen LogP contribution >= 0.6 is 0 Å². The fraction of sp³-hybridized carbons (Fsp3) is 0.571. The number of aryl methyl sites for hydroxylation is 1. The third-order valence-electron chi connectivity index (χ3n) is 3.99. The molecular formula is C14H19N3O4. The Kier molecular flexibility index (Phi) is 4.52. The van der Waals surface area contributed by atoms with Crippen LogP contribution in [0.25, 0.3) is 0 Å². The number of nitrogens with zero attached hydrogens (tertiary/aromatic N) is 3. The minimum Gasteiger partial charge on any atom is -0.481 e. The van der Waals surface area contributed by atoms with Gasteiger partial charge in [-0.25, -0.2) is 0 Å². The second-order valence-corrected chi connectivity index (χ2v) is 5.53. The number of carboxylic acid groups (broad SMARTS) is 1. The van der Waals surface area contributed by atoms with E-state index in [1.165, 1.54) is 6.20 Å². The SMILES string of the molecule is Cc1cnc(CN2CCCC(C(=O)O)C2)c(C)c1[N+](=O)[O-]. The van der Waals surface area contributed by atoms with E-state index in [4.69, 9.17) is 5.11 Å². The largest absolute Gasteiger partial charge is 0.481 e. The van der Waals surface area contributed by atoms with Crippen LogP contribution in [-0.2, 0) is 11.3 Å². The van der Waals surface area contributed by atoms with Gasteiger partial charge in [0.15, 0.2) is 0 Å². The molecule has 2 rings (SSSR count). The maximum absolute atomic E-state index is 11.1. The van der Waals surface area contributed by atoms with Crippen molar-refractivity contribution in [3.05, 3.63) is 33.1 Å². The van der Waals surface area contributed by atoms with E-state index in [-0.39, 0.29) is 16.5 Å². The molecule has 7 heteroatoms. The van der Waals surface area contributed by atoms with Crippen molar-refractivity contribution in [1.82, 2.24) is 9.88 Å². The molecule has 2 heterocycles. The van der Waals surface area contributed by atoms with Crippen LogP contribution in [-0.4, -0.2) is 39.0 Å². The zero-order valence-electron chi connectivity index (χ0n) is 12.2. The number of likely N-dealkylation sites (tertiary alicyclic amines) is 1. The topological polar surface area (TPSA) is 96.6 Å². The standard InChI is InChI=1S/C14H19N3O4/c1-9-6-15-12(10(2)13(9)17(20)21)8-16-5-3-4-11(7-16)14(18)19/h6,11H,3-5,7-8H2,1-2H3,(H,18,19). The Hall–Kier alpha value is -2.02. The van der Waals surface area contributed by atoms with E-state index in [9.17, 15) is 14.9 Å². The molecule has 1 unspecified atom stereocenters. The van der Waals surface area contributed by atoms with Crippen molar-refractivity contribution in [3.8, 4) is 0 Å². The van der Waals surface area contributed by atoms with Gasteiger partial charge in [0, 0.05) is 30.4 Å². The molecule has 1 aromatic rings. The molecule has 21 heavy (non-hydrogen) atoms. The second kappa shape index (κ2) is 6.17. The average molecular weight is 293 g/mol. The normalized spacial score (nSPS) is 19.4. The lowest BCUT2D eigenvalue weighted by molar-refractivity contribution is -0.386. The van der Waals surface area contributed by atoms with Crippen LogP contribution in [0, 0.1) is 29.9 Å². The first-order valence-electron chi connectivity index (χ1n) is 6.94. The van der Waals surface area contributed by atoms with Gasteiger partial charge < -0.3 is 5.11 Å². The van der Waals surface area contributed by atoms with Crippen LogP contribution in [0.1, 0.15) is 29.7 Å². The molecule has 1 saturated heterocycles. The summed E-state index contributed by atoms with van der Waals surface area (Å²) in [6, 6.07) is 0. The van der Waals surface area contributed by atoms with Gasteiger partial charge in [0.2, 0.25) is 0 Å². The van der Waals surface area contributed by atoms with Gasteiger partial charge in [0.25, 0.3) is 5.69 Å². The van der Waals surface area contributed by atoms with E-state index in [0.717, 1.165) is 13.0 Å². The maximum Gasteiger partial charge on any atom is 0.307 e. The predicted molar refractivity (Wildman–Crippen MR) is 76.0 cm³/mol. The molecule has 1 fully saturated rings. The van der Waals surface area contributed by atoms with Gasteiger partial charge in [0.05, 0.1) is 16.5 Å². The fourth-order valence-electron chi connectivity index (χ4n) is 2.82. The molecular weight excluding hydrogens is 274 g/mol. The molecule has 1 aromatic heterocycles. The number of rotatable bonds is 4. The molecule has 0 aromatic carbocycles. The fourth-order valence-corrected chi connectivity index (χ4v) is 2.82. The first-order chi connectivity index (χ1) is 9.90. The maximum atomic E-state index is 11.1. The molecule has 1 aliphatic rings. The molecule has 0 aliphatic carbocycles. The van der Waals surface area contributed by atoms with Crippen molar-refractivity contribution >= 4 is 11.7 Å². The van der Waals surface area contributed by atoms with E-state index in [1.807, 2.05) is 4.90 Å². The molecule has 0 bridgehead atoms. The number of hydrogen-bond acceptors (Lipinski definition) is 5. The number of aliphatic carboxylic acids is 1. The monoisotopic (exact) mass is 293 g/mol. The molecule has 0 amide bonds. The van der Waals surface area contributed by atoms with E-state index >= 15 is 0 Å². The Morgan fingerprint density at radius 3 is 2.90 bits per heavy atom. The lowest BCUT2D eigenvalue weighted by Crippen LogP contribution is -2.38. The number of carboxylic acids is 1. The van der Waals surface area contributed by atoms with Crippen molar-refractivity contribution in [2.24, 2.45) is 5.92 Å². The van der Waals surface area contributed by atoms with Gasteiger partial charge in [-0.1, -0.05) is 0 Å². The molecule has 1 atom stereocenters. The summed E-state index contributed by atoms with van der Waals surface area (Å²) in [4.78, 5) is 28.1. The first kappa shape index (κ1) is 15.4. The predicted octanol–water partition coefficient (Wildman–Crippen LogP) is 1.90. The van der Waals surface area contributed by atoms with Gasteiger partial charge in [-0.15, -0.1) is 0 Å². The Bertz CT molecular complexity index is 574. The van der Waals surface area contributed by atoms with Crippen molar-refractivity contribution < 1.29 is 14.8 Å². The summed E-state index contributed by atoms with van der Waals surface area (Å²) in [6.45, 7) is 5.09. The number of piperidine rings is 1. The quantitative estimate of drug-likeness (QED) is 0.672. The highest BCUT2D eigenvalue weighted by molar-refractivity contribution is 5.70. The molecule has 1 aliphatic heterocycles. The van der Waals surface area contributed by atoms with Gasteiger partial charge in [-0.05, 0) is 33.2 Å². The molecule has 0 spiro atoms. The van der Waals surface area contributed by atoms with Gasteiger partial charge in [-0.3, -0.25) is 24.8 Å². The Balaban J connectivity index is 2.18. The Morgan fingerprint density at radius 1 is 1.57 bits per heavy atom. The molecule has 114 valence electrons. The lowest BCUT2D eigenvalue weighted by Gasteiger charge is -2.30. The molecule has 0 radical (unpaired) electrons. The van der Waals surface area contributed by atoms with Crippen LogP contribution in [0.15, 0.2) is 6.20 Å². The first-order valence-corrected chi connectivity index (χ1v) is 6.94. The smallest absolute Gasteiger partial charge is 0.307 e. The number of carbonyl (C=O) groups is 1. The summed E-state index contributed by atoms with van der Waals surface area (Å²) in [5.41, 5.74) is 1.87. The highest BCUT2D eigenvalue weighted by Crippen LogP contribution is 2.26. The zero-order valence-corrected chi connectivity index (χ0v) is 12.2. The van der Waals surface area contributed by atoms with E-state index < -0.39 is 5.97 Å². The van der Waals surface area contributed by atoms with Crippen molar-refractivity contribution in [2.45, 2.75) is 33.2 Å². The summed E-state index contributed by atoms with van der Waals surface area (Å²) in [5, 5.41) is 20.2. The minimum absolute atomic E-state index is 0.104. The van der Waals surface area contributed by atoms with E-state index in [1.54, 1.807) is 13.8 Å². The minimum atomic E-state index is -0.778. The summed E-state index contributed by atoms with van der Waals surface area (Å²) in [6.07, 6.45) is 3.02. The van der Waals surface area contributed by atoms with Crippen molar-refractivity contribution in [1.29, 1.82) is 0 Å². The molecule has 1 N–H and O–H groups in total. The number of nitro groups is 1. The average Bonchev–Trinajstić information content (AvgIpc) is 2.42. The highest BCUT2D eigenvalue weighted by atomic mass is 16.6. The zero-order chi connectivity index (χ0) is 15.6. The van der Waals surface area contributed by atoms with Crippen molar-refractivity contribution in [2.75, 3.05) is 13.1 Å². The Labute approximate surface area is 122 Å². The molecule has 0 saturated carbocycles. The van der Waals surface area contributed by atoms with Gasteiger partial charge >= 0.3 is 5.97 Å². The summed E-state index contributed by atoms with van der Waals surface area (Å²) in [7, 11) is 0. The lowest BCUT2D eigenvalue weighted by atomic mass is 9.98. The Morgan fingerprint density at radius 2 is 2.29 bits per heavy atom. The van der Waals surface area contributed by atoms with Crippen molar-refractivity contribution in [3.63, 3.8) is 0 Å². The summed E-state index contributed by atoms with van der Waals surface area (Å²) < 4.78 is 0. The van der Waals surface area contributed by atoms with Crippen LogP contribution in [0.3, 0.4) is 0 Å². The van der Waals surface area contributed by atoms with Gasteiger partial charge in [0.1, 0.15) is 0 Å². The number of aromatic nitrogens is 1.